The van der Waals surface area contributed by atoms with Crippen LogP contribution in [-0.4, -0.2) is 39.2 Å². The summed E-state index contributed by atoms with van der Waals surface area (Å²) in [5, 5.41) is 9.69. The van der Waals surface area contributed by atoms with Crippen LogP contribution in [0.5, 0.6) is 0 Å². The van der Waals surface area contributed by atoms with Gasteiger partial charge in [0, 0.05) is 19.6 Å². The first kappa shape index (κ1) is 21.6. The maximum atomic E-state index is 15.1. The van der Waals surface area contributed by atoms with E-state index in [1.165, 1.54) is 30.3 Å². The summed E-state index contributed by atoms with van der Waals surface area (Å²) >= 11 is 0. The number of aliphatic hydroxyl groups excluding tert-OH is 1. The third kappa shape index (κ3) is 3.89. The Morgan fingerprint density at radius 3 is 2.27 bits per heavy atom. The average Bonchev–Trinajstić information content (AvgIpc) is 3.36. The molecule has 170 valence electrons. The third-order valence-electron chi connectivity index (χ3n) is 6.02. The Bertz CT molecular complexity index is 1340. The van der Waals surface area contributed by atoms with E-state index >= 15 is 17.6 Å². The van der Waals surface area contributed by atoms with Crippen molar-refractivity contribution in [1.82, 2.24) is 14.9 Å². The van der Waals surface area contributed by atoms with Crippen molar-refractivity contribution in [2.45, 2.75) is 26.0 Å². The van der Waals surface area contributed by atoms with Crippen molar-refractivity contribution in [3.8, 4) is 22.3 Å². The Labute approximate surface area is 187 Å². The minimum Gasteiger partial charge on any atom is -0.392 e. The topological polar surface area (TPSA) is 52.1 Å². The Morgan fingerprint density at radius 1 is 0.970 bits per heavy atom. The predicted molar refractivity (Wildman–Crippen MR) is 117 cm³/mol. The fourth-order valence-electron chi connectivity index (χ4n) is 4.47. The number of aromatic amines is 1. The molecule has 0 spiro atoms. The molecular formula is C25H21F4N3O. The van der Waals surface area contributed by atoms with Crippen LogP contribution in [0.3, 0.4) is 0 Å². The number of nitrogens with zero attached hydrogens (tertiary/aromatic N) is 2. The third-order valence-corrected chi connectivity index (χ3v) is 6.02. The van der Waals surface area contributed by atoms with Crippen molar-refractivity contribution in [2.75, 3.05) is 13.1 Å². The molecule has 1 saturated heterocycles. The molecule has 3 aromatic carbocycles. The lowest BCUT2D eigenvalue weighted by atomic mass is 9.96. The second-order valence-corrected chi connectivity index (χ2v) is 8.44. The van der Waals surface area contributed by atoms with E-state index in [1.54, 1.807) is 19.1 Å². The summed E-state index contributed by atoms with van der Waals surface area (Å²) in [7, 11) is 0. The molecule has 1 aliphatic rings. The highest BCUT2D eigenvalue weighted by molar-refractivity contribution is 5.83. The van der Waals surface area contributed by atoms with Gasteiger partial charge in [-0.25, -0.2) is 22.5 Å². The van der Waals surface area contributed by atoms with Crippen LogP contribution in [0, 0.1) is 30.2 Å². The predicted octanol–water partition coefficient (Wildman–Crippen LogP) is 5.33. The molecule has 4 aromatic rings. The first-order valence-corrected chi connectivity index (χ1v) is 10.6. The normalized spacial score (nSPS) is 16.7. The van der Waals surface area contributed by atoms with Crippen molar-refractivity contribution in [3.63, 3.8) is 0 Å². The van der Waals surface area contributed by atoms with E-state index in [-0.39, 0.29) is 11.1 Å². The van der Waals surface area contributed by atoms with E-state index < -0.39 is 40.5 Å². The quantitative estimate of drug-likeness (QED) is 0.323. The number of imidazole rings is 1. The second-order valence-electron chi connectivity index (χ2n) is 8.44. The van der Waals surface area contributed by atoms with Crippen molar-refractivity contribution in [3.05, 3.63) is 77.1 Å². The number of H-pyrrole nitrogens is 1. The Morgan fingerprint density at radius 2 is 1.64 bits per heavy atom. The molecule has 1 aromatic heterocycles. The average molecular weight is 455 g/mol. The van der Waals surface area contributed by atoms with Gasteiger partial charge in [-0.2, -0.15) is 0 Å². The van der Waals surface area contributed by atoms with Crippen molar-refractivity contribution in [1.29, 1.82) is 0 Å². The molecule has 33 heavy (non-hydrogen) atoms. The highest BCUT2D eigenvalue weighted by atomic mass is 19.2. The zero-order valence-electron chi connectivity index (χ0n) is 17.8. The fraction of sp³-hybridized carbons (Fsp3) is 0.240. The summed E-state index contributed by atoms with van der Waals surface area (Å²) in [4.78, 5) is 9.18. The molecule has 0 aliphatic carbocycles. The lowest BCUT2D eigenvalue weighted by molar-refractivity contribution is 0.175. The molecule has 0 amide bonds. The summed E-state index contributed by atoms with van der Waals surface area (Å²) in [5.74, 6) is -5.18. The van der Waals surface area contributed by atoms with Gasteiger partial charge in [0.05, 0.1) is 28.3 Å². The number of fused-ring (bicyclic) bond motifs is 1. The molecule has 4 nitrogen and oxygen atoms in total. The minimum atomic E-state index is -1.45. The molecule has 2 heterocycles. The second kappa shape index (κ2) is 8.28. The molecule has 1 fully saturated rings. The Balaban J connectivity index is 1.56. The van der Waals surface area contributed by atoms with Crippen LogP contribution in [0.15, 0.2) is 42.5 Å². The number of β-amino-alcohol motifs (C(OH)–C–C–N with tert-alkyl or cyclic N) is 1. The molecule has 8 heteroatoms. The smallest absolute Gasteiger partial charge is 0.170 e. The van der Waals surface area contributed by atoms with Crippen LogP contribution in [-0.2, 0) is 6.54 Å². The van der Waals surface area contributed by atoms with E-state index in [1.807, 2.05) is 4.90 Å². The summed E-state index contributed by atoms with van der Waals surface area (Å²) < 4.78 is 60.5. The number of aromatic nitrogens is 2. The van der Waals surface area contributed by atoms with E-state index in [2.05, 4.69) is 9.97 Å². The van der Waals surface area contributed by atoms with Gasteiger partial charge in [-0.1, -0.05) is 24.3 Å². The van der Waals surface area contributed by atoms with Gasteiger partial charge in [0.1, 0.15) is 5.82 Å². The molecule has 0 saturated carbocycles. The SMILES string of the molecule is Cc1nc2ccc(-c3c(F)c(F)c(-c4cccc(CN5CC[C@@H](O)C5)c4)c(F)c3F)cc2[nH]1. The van der Waals surface area contributed by atoms with E-state index in [4.69, 9.17) is 0 Å². The van der Waals surface area contributed by atoms with Gasteiger partial charge in [-0.05, 0) is 48.2 Å². The lowest BCUT2D eigenvalue weighted by Gasteiger charge is -2.16. The minimum absolute atomic E-state index is 0.00633. The zero-order chi connectivity index (χ0) is 23.3. The maximum absolute atomic E-state index is 15.1. The van der Waals surface area contributed by atoms with Gasteiger partial charge in [0.25, 0.3) is 0 Å². The molecular weight excluding hydrogens is 434 g/mol. The molecule has 5 rings (SSSR count). The summed E-state index contributed by atoms with van der Waals surface area (Å²) in [5.41, 5.74) is 0.370. The number of hydrogen-bond donors (Lipinski definition) is 2. The molecule has 1 atom stereocenters. The van der Waals surface area contributed by atoms with Gasteiger partial charge < -0.3 is 10.1 Å². The number of halogens is 4. The van der Waals surface area contributed by atoms with Crippen LogP contribution in [0.1, 0.15) is 17.8 Å². The number of aryl methyl sites for hydroxylation is 1. The largest absolute Gasteiger partial charge is 0.392 e. The van der Waals surface area contributed by atoms with Gasteiger partial charge in [0.15, 0.2) is 23.3 Å². The van der Waals surface area contributed by atoms with Gasteiger partial charge in [0.2, 0.25) is 0 Å². The van der Waals surface area contributed by atoms with Crippen LogP contribution in [0.2, 0.25) is 0 Å². The summed E-state index contributed by atoms with van der Waals surface area (Å²) in [6.07, 6.45) is 0.258. The Kier molecular flexibility index (Phi) is 5.42. The van der Waals surface area contributed by atoms with Gasteiger partial charge >= 0.3 is 0 Å². The number of hydrogen-bond acceptors (Lipinski definition) is 3. The number of benzene rings is 3. The van der Waals surface area contributed by atoms with Crippen molar-refractivity contribution in [2.24, 2.45) is 0 Å². The van der Waals surface area contributed by atoms with E-state index in [0.717, 1.165) is 5.56 Å². The molecule has 0 unspecified atom stereocenters. The molecule has 0 radical (unpaired) electrons. The van der Waals surface area contributed by atoms with Crippen molar-refractivity contribution >= 4 is 11.0 Å². The lowest BCUT2D eigenvalue weighted by Crippen LogP contribution is -2.21. The number of likely N-dealkylation sites (tertiary alicyclic amines) is 1. The number of rotatable bonds is 4. The molecule has 2 N–H and O–H groups in total. The van der Waals surface area contributed by atoms with E-state index in [0.29, 0.717) is 42.9 Å². The zero-order valence-corrected chi connectivity index (χ0v) is 17.8. The van der Waals surface area contributed by atoms with Crippen molar-refractivity contribution < 1.29 is 22.7 Å². The maximum Gasteiger partial charge on any atom is 0.170 e. The number of nitrogens with one attached hydrogen (secondary N) is 1. The number of aliphatic hydroxyl groups is 1. The summed E-state index contributed by atoms with van der Waals surface area (Å²) in [6, 6.07) is 10.6. The standard InChI is InChI=1S/C25H21F4N3O/c1-13-30-18-6-5-16(10-19(18)31-13)21-24(28)22(26)20(23(27)25(21)29)15-4-2-3-14(9-15)11-32-8-7-17(33)12-32/h2-6,9-10,17,33H,7-8,11-12H2,1H3,(H,30,31)/t17-/m1/s1. The van der Waals surface area contributed by atoms with Crippen LogP contribution in [0.4, 0.5) is 17.6 Å². The molecule has 1 aliphatic heterocycles. The van der Waals surface area contributed by atoms with E-state index in [9.17, 15) is 5.11 Å². The first-order valence-electron chi connectivity index (χ1n) is 10.6. The fourth-order valence-corrected chi connectivity index (χ4v) is 4.47. The van der Waals surface area contributed by atoms with Gasteiger partial charge in [-0.15, -0.1) is 0 Å². The van der Waals surface area contributed by atoms with Crippen LogP contribution >= 0.6 is 0 Å². The van der Waals surface area contributed by atoms with Gasteiger partial charge in [-0.3, -0.25) is 4.90 Å². The highest BCUT2D eigenvalue weighted by Gasteiger charge is 2.28. The summed E-state index contributed by atoms with van der Waals surface area (Å²) in [6.45, 7) is 3.40. The Hall–Kier alpha value is -3.23. The van der Waals surface area contributed by atoms with Crippen LogP contribution < -0.4 is 0 Å². The molecule has 0 bridgehead atoms. The van der Waals surface area contributed by atoms with Crippen LogP contribution in [0.25, 0.3) is 33.3 Å². The first-order chi connectivity index (χ1) is 15.8. The monoisotopic (exact) mass is 455 g/mol. The highest BCUT2D eigenvalue weighted by Crippen LogP contribution is 2.37.